The zero-order valence-corrected chi connectivity index (χ0v) is 14.5. The largest absolute Gasteiger partial charge is 0.341 e. The highest BCUT2D eigenvalue weighted by atomic mass is 32.2. The number of carbonyl (C=O) groups excluding carboxylic acids is 3. The molecule has 1 N–H and O–H groups in total. The number of nitrogens with zero attached hydrogens (tertiary/aromatic N) is 2. The van der Waals surface area contributed by atoms with E-state index in [1.165, 1.54) is 4.90 Å². The van der Waals surface area contributed by atoms with E-state index in [0.717, 1.165) is 44.5 Å². The van der Waals surface area contributed by atoms with Crippen LogP contribution in [-0.2, 0) is 9.59 Å². The molecule has 0 aromatic rings. The summed E-state index contributed by atoms with van der Waals surface area (Å²) in [5.74, 6) is 1.04. The first-order valence-electron chi connectivity index (χ1n) is 8.55. The minimum atomic E-state index is -0.638. The molecule has 7 heteroatoms. The molecule has 3 aliphatic rings. The Morgan fingerprint density at radius 2 is 2.09 bits per heavy atom. The molecule has 3 rings (SSSR count). The van der Waals surface area contributed by atoms with Crippen molar-refractivity contribution in [1.29, 1.82) is 0 Å². The molecular formula is C16H25N3O3S. The number of urea groups is 1. The monoisotopic (exact) mass is 339 g/mol. The molecule has 1 atom stereocenters. The molecule has 1 saturated carbocycles. The fourth-order valence-corrected chi connectivity index (χ4v) is 4.80. The summed E-state index contributed by atoms with van der Waals surface area (Å²) >= 11 is 1.89. The molecule has 128 valence electrons. The van der Waals surface area contributed by atoms with Gasteiger partial charge in [0.2, 0.25) is 5.91 Å². The lowest BCUT2D eigenvalue weighted by molar-refractivity contribution is -0.133. The van der Waals surface area contributed by atoms with Crippen LogP contribution in [0.15, 0.2) is 0 Å². The zero-order valence-electron chi connectivity index (χ0n) is 13.7. The second-order valence-corrected chi connectivity index (χ2v) is 8.35. The number of rotatable bonds is 4. The van der Waals surface area contributed by atoms with Crippen LogP contribution in [0.4, 0.5) is 4.79 Å². The molecule has 2 aliphatic heterocycles. The van der Waals surface area contributed by atoms with E-state index in [9.17, 15) is 14.4 Å². The fourth-order valence-electron chi connectivity index (χ4n) is 3.79. The van der Waals surface area contributed by atoms with Crippen LogP contribution in [0, 0.1) is 0 Å². The quantitative estimate of drug-likeness (QED) is 0.790. The van der Waals surface area contributed by atoms with Gasteiger partial charge in [-0.1, -0.05) is 19.8 Å². The fraction of sp³-hybridized carbons (Fsp3) is 0.812. The van der Waals surface area contributed by atoms with Crippen LogP contribution in [0.25, 0.3) is 0 Å². The van der Waals surface area contributed by atoms with Crippen molar-refractivity contribution in [2.45, 2.75) is 56.2 Å². The van der Waals surface area contributed by atoms with Crippen molar-refractivity contribution >= 4 is 29.6 Å². The van der Waals surface area contributed by atoms with Crippen molar-refractivity contribution in [3.8, 4) is 0 Å². The Balaban J connectivity index is 1.48. The maximum Gasteiger partial charge on any atom is 0.325 e. The third-order valence-corrected chi connectivity index (χ3v) is 6.21. The summed E-state index contributed by atoms with van der Waals surface area (Å²) in [6, 6.07) is -0.285. The van der Waals surface area contributed by atoms with Gasteiger partial charge < -0.3 is 10.2 Å². The van der Waals surface area contributed by atoms with Crippen molar-refractivity contribution in [3.63, 3.8) is 0 Å². The average molecular weight is 339 g/mol. The van der Waals surface area contributed by atoms with E-state index in [4.69, 9.17) is 0 Å². The van der Waals surface area contributed by atoms with Gasteiger partial charge in [-0.25, -0.2) is 4.79 Å². The van der Waals surface area contributed by atoms with Gasteiger partial charge in [0.25, 0.3) is 5.91 Å². The second kappa shape index (κ2) is 6.71. The zero-order chi connectivity index (χ0) is 16.4. The van der Waals surface area contributed by atoms with E-state index in [-0.39, 0.29) is 17.8 Å². The first kappa shape index (κ1) is 16.6. The first-order valence-corrected chi connectivity index (χ1v) is 9.60. The average Bonchev–Trinajstić information content (AvgIpc) is 3.08. The molecule has 1 unspecified atom stereocenters. The van der Waals surface area contributed by atoms with Gasteiger partial charge in [-0.15, -0.1) is 0 Å². The second-order valence-electron chi connectivity index (χ2n) is 6.80. The van der Waals surface area contributed by atoms with E-state index < -0.39 is 5.54 Å². The Bertz CT molecular complexity index is 505. The third kappa shape index (κ3) is 3.34. The van der Waals surface area contributed by atoms with E-state index in [0.29, 0.717) is 24.6 Å². The molecule has 4 amide bonds. The molecule has 3 fully saturated rings. The Morgan fingerprint density at radius 3 is 2.78 bits per heavy atom. The summed E-state index contributed by atoms with van der Waals surface area (Å²) in [6.07, 6.45) is 4.42. The summed E-state index contributed by atoms with van der Waals surface area (Å²) in [4.78, 5) is 40.0. The van der Waals surface area contributed by atoms with Crippen LogP contribution in [0.5, 0.6) is 0 Å². The van der Waals surface area contributed by atoms with Crippen molar-refractivity contribution in [3.05, 3.63) is 0 Å². The maximum atomic E-state index is 12.5. The minimum Gasteiger partial charge on any atom is -0.341 e. The van der Waals surface area contributed by atoms with Gasteiger partial charge in [-0.05, 0) is 19.3 Å². The van der Waals surface area contributed by atoms with E-state index in [1.807, 2.05) is 16.7 Å². The Labute approximate surface area is 141 Å². The lowest BCUT2D eigenvalue weighted by Crippen LogP contribution is -2.44. The predicted molar refractivity (Wildman–Crippen MR) is 89.2 cm³/mol. The number of imide groups is 1. The number of hydrogen-bond donors (Lipinski definition) is 1. The molecule has 0 radical (unpaired) electrons. The number of hydrogen-bond acceptors (Lipinski definition) is 4. The van der Waals surface area contributed by atoms with Gasteiger partial charge in [0.15, 0.2) is 0 Å². The highest BCUT2D eigenvalue weighted by Gasteiger charge is 2.52. The molecule has 1 aliphatic carbocycles. The molecule has 0 aromatic carbocycles. The molecule has 0 bridgehead atoms. The minimum absolute atomic E-state index is 0.0876. The van der Waals surface area contributed by atoms with E-state index in [1.54, 1.807) is 0 Å². The van der Waals surface area contributed by atoms with Crippen LogP contribution in [0.1, 0.15) is 45.4 Å². The molecule has 2 heterocycles. The van der Waals surface area contributed by atoms with Gasteiger partial charge >= 0.3 is 6.03 Å². The van der Waals surface area contributed by atoms with Crippen molar-refractivity contribution < 1.29 is 14.4 Å². The maximum absolute atomic E-state index is 12.5. The number of nitrogens with one attached hydrogen (secondary N) is 1. The molecule has 0 aromatic heterocycles. The summed E-state index contributed by atoms with van der Waals surface area (Å²) in [5, 5.41) is 3.36. The van der Waals surface area contributed by atoms with Crippen molar-refractivity contribution in [2.75, 3.05) is 25.4 Å². The summed E-state index contributed by atoms with van der Waals surface area (Å²) < 4.78 is 0. The number of thioether (sulfide) groups is 1. The van der Waals surface area contributed by atoms with Crippen molar-refractivity contribution in [1.82, 2.24) is 15.1 Å². The van der Waals surface area contributed by atoms with E-state index >= 15 is 0 Å². The summed E-state index contributed by atoms with van der Waals surface area (Å²) in [5.41, 5.74) is -0.638. The lowest BCUT2D eigenvalue weighted by atomic mass is 9.98. The van der Waals surface area contributed by atoms with Gasteiger partial charge in [-0.3, -0.25) is 14.5 Å². The molecule has 6 nitrogen and oxygen atoms in total. The topological polar surface area (TPSA) is 69.7 Å². The van der Waals surface area contributed by atoms with Gasteiger partial charge in [0.05, 0.1) is 0 Å². The van der Waals surface area contributed by atoms with Crippen LogP contribution < -0.4 is 5.32 Å². The SMILES string of the molecule is CC1CN(C(=O)CCCN2C(=O)NC3(CCCC3)C2=O)CCS1. The normalized spacial score (nSPS) is 26.9. The van der Waals surface area contributed by atoms with Crippen molar-refractivity contribution in [2.24, 2.45) is 0 Å². The third-order valence-electron chi connectivity index (χ3n) is 5.07. The Kier molecular flexibility index (Phi) is 4.85. The van der Waals surface area contributed by atoms with Crippen LogP contribution in [0.2, 0.25) is 0 Å². The Morgan fingerprint density at radius 1 is 1.35 bits per heavy atom. The van der Waals surface area contributed by atoms with Crippen LogP contribution in [0.3, 0.4) is 0 Å². The number of amides is 4. The molecular weight excluding hydrogens is 314 g/mol. The predicted octanol–water partition coefficient (Wildman–Crippen LogP) is 1.60. The summed E-state index contributed by atoms with van der Waals surface area (Å²) in [7, 11) is 0. The standard InChI is InChI=1S/C16H25N3O3S/c1-12-11-18(9-10-23-12)13(20)5-4-8-19-14(21)16(17-15(19)22)6-2-3-7-16/h12H,2-11H2,1H3,(H,17,22). The van der Waals surface area contributed by atoms with Gasteiger partial charge in [0, 0.05) is 37.1 Å². The smallest absolute Gasteiger partial charge is 0.325 e. The Hall–Kier alpha value is -1.24. The highest BCUT2D eigenvalue weighted by molar-refractivity contribution is 7.99. The number of carbonyl (C=O) groups is 3. The highest BCUT2D eigenvalue weighted by Crippen LogP contribution is 2.35. The first-order chi connectivity index (χ1) is 11.0. The molecule has 2 saturated heterocycles. The van der Waals surface area contributed by atoms with E-state index in [2.05, 4.69) is 12.2 Å². The summed E-state index contributed by atoms with van der Waals surface area (Å²) in [6.45, 7) is 4.09. The molecule has 23 heavy (non-hydrogen) atoms. The lowest BCUT2D eigenvalue weighted by Gasteiger charge is -2.30. The van der Waals surface area contributed by atoms with Gasteiger partial charge in [0.1, 0.15) is 5.54 Å². The van der Waals surface area contributed by atoms with Crippen LogP contribution in [-0.4, -0.2) is 63.8 Å². The molecule has 1 spiro atoms. The van der Waals surface area contributed by atoms with Gasteiger partial charge in [-0.2, -0.15) is 11.8 Å². The van der Waals surface area contributed by atoms with Crippen LogP contribution >= 0.6 is 11.8 Å².